The highest BCUT2D eigenvalue weighted by molar-refractivity contribution is 7.88. The van der Waals surface area contributed by atoms with Gasteiger partial charge in [-0.3, -0.25) is 10.1 Å². The molecule has 0 radical (unpaired) electrons. The minimum absolute atomic E-state index is 0.0130. The first-order valence-electron chi connectivity index (χ1n) is 5.56. The molecule has 0 amide bonds. The van der Waals surface area contributed by atoms with E-state index >= 15 is 0 Å². The smallest absolute Gasteiger partial charge is 0.269 e. The van der Waals surface area contributed by atoms with Crippen LogP contribution in [-0.4, -0.2) is 31.7 Å². The second-order valence-corrected chi connectivity index (χ2v) is 6.66. The zero-order valence-corrected chi connectivity index (χ0v) is 11.8. The van der Waals surface area contributed by atoms with Crippen LogP contribution in [0.5, 0.6) is 0 Å². The number of hydrogen-bond donors (Lipinski definition) is 2. The van der Waals surface area contributed by atoms with Gasteiger partial charge in [0.2, 0.25) is 10.0 Å². The largest absolute Gasteiger partial charge is 0.383 e. The van der Waals surface area contributed by atoms with Crippen LogP contribution >= 0.6 is 0 Å². The van der Waals surface area contributed by atoms with Gasteiger partial charge in [-0.25, -0.2) is 13.1 Å². The van der Waals surface area contributed by atoms with Crippen LogP contribution < -0.4 is 10.0 Å². The lowest BCUT2D eigenvalue weighted by Crippen LogP contribution is -2.47. The Morgan fingerprint density at radius 1 is 1.26 bits per heavy atom. The zero-order chi connectivity index (χ0) is 14.7. The third-order valence-corrected chi connectivity index (χ3v) is 3.20. The van der Waals surface area contributed by atoms with Crippen molar-refractivity contribution >= 4 is 21.4 Å². The maximum atomic E-state index is 11.2. The number of nitrogens with one attached hydrogen (secondary N) is 2. The van der Waals surface area contributed by atoms with E-state index in [1.165, 1.54) is 12.1 Å². The number of sulfonamides is 1. The Morgan fingerprint density at radius 3 is 2.21 bits per heavy atom. The third kappa shape index (κ3) is 5.66. The van der Waals surface area contributed by atoms with E-state index in [4.69, 9.17) is 0 Å². The maximum absolute atomic E-state index is 11.2. The first-order valence-corrected chi connectivity index (χ1v) is 7.45. The molecule has 1 rings (SSSR count). The molecular formula is C11H17N3O4S. The number of rotatable bonds is 6. The van der Waals surface area contributed by atoms with Gasteiger partial charge in [0.05, 0.1) is 11.2 Å². The number of nitro benzene ring substituents is 1. The van der Waals surface area contributed by atoms with Gasteiger partial charge >= 0.3 is 0 Å². The summed E-state index contributed by atoms with van der Waals surface area (Å²) in [6.45, 7) is 3.84. The molecule has 0 bridgehead atoms. The number of non-ortho nitro benzene ring substituents is 1. The molecule has 7 nitrogen and oxygen atoms in total. The average Bonchev–Trinajstić information content (AvgIpc) is 2.24. The fourth-order valence-corrected chi connectivity index (χ4v) is 2.64. The van der Waals surface area contributed by atoms with E-state index in [1.807, 2.05) is 0 Å². The Bertz CT molecular complexity index is 552. The van der Waals surface area contributed by atoms with E-state index in [-0.39, 0.29) is 5.69 Å². The summed E-state index contributed by atoms with van der Waals surface area (Å²) in [6.07, 6.45) is 1.10. The lowest BCUT2D eigenvalue weighted by atomic mass is 10.1. The van der Waals surface area contributed by atoms with Crippen LogP contribution in [0.15, 0.2) is 24.3 Å². The highest BCUT2D eigenvalue weighted by atomic mass is 32.2. The Hall–Kier alpha value is -1.67. The summed E-state index contributed by atoms with van der Waals surface area (Å²) in [5.74, 6) is 0. The van der Waals surface area contributed by atoms with Crippen molar-refractivity contribution < 1.29 is 13.3 Å². The molecule has 0 atom stereocenters. The summed E-state index contributed by atoms with van der Waals surface area (Å²) in [5, 5.41) is 13.5. The molecule has 0 saturated heterocycles. The van der Waals surface area contributed by atoms with Crippen molar-refractivity contribution in [1.29, 1.82) is 0 Å². The fourth-order valence-electron chi connectivity index (χ4n) is 1.56. The summed E-state index contributed by atoms with van der Waals surface area (Å²) >= 11 is 0. The molecule has 0 fully saturated rings. The van der Waals surface area contributed by atoms with Gasteiger partial charge in [-0.1, -0.05) is 0 Å². The Balaban J connectivity index is 2.64. The van der Waals surface area contributed by atoms with Gasteiger partial charge in [0.15, 0.2) is 0 Å². The van der Waals surface area contributed by atoms with Gasteiger partial charge in [-0.2, -0.15) is 0 Å². The van der Waals surface area contributed by atoms with Gasteiger partial charge in [0.1, 0.15) is 0 Å². The van der Waals surface area contributed by atoms with E-state index < -0.39 is 20.5 Å². The molecule has 0 aliphatic heterocycles. The van der Waals surface area contributed by atoms with Crippen LogP contribution in [0.4, 0.5) is 11.4 Å². The summed E-state index contributed by atoms with van der Waals surface area (Å²) in [4.78, 5) is 10.0. The van der Waals surface area contributed by atoms with E-state index in [0.29, 0.717) is 12.2 Å². The van der Waals surface area contributed by atoms with Gasteiger partial charge in [-0.05, 0) is 26.0 Å². The molecule has 0 unspecified atom stereocenters. The van der Waals surface area contributed by atoms with Crippen LogP contribution in [0.2, 0.25) is 0 Å². The average molecular weight is 287 g/mol. The number of benzene rings is 1. The van der Waals surface area contributed by atoms with Crippen molar-refractivity contribution in [2.45, 2.75) is 19.4 Å². The lowest BCUT2D eigenvalue weighted by molar-refractivity contribution is -0.384. The van der Waals surface area contributed by atoms with Gasteiger partial charge in [0, 0.05) is 29.9 Å². The Labute approximate surface area is 112 Å². The second kappa shape index (κ2) is 5.54. The Kier molecular flexibility index (Phi) is 4.48. The summed E-state index contributed by atoms with van der Waals surface area (Å²) < 4.78 is 24.8. The van der Waals surface area contributed by atoms with Crippen molar-refractivity contribution in [2.75, 3.05) is 18.1 Å². The lowest BCUT2D eigenvalue weighted by Gasteiger charge is -2.25. The van der Waals surface area contributed by atoms with E-state index in [0.717, 1.165) is 6.26 Å². The standard InChI is InChI=1S/C11H17N3O4S/c1-11(2,13-19(3,17)18)8-12-9-4-6-10(7-5-9)14(15)16/h4-7,12-13H,8H2,1-3H3. The summed E-state index contributed by atoms with van der Waals surface area (Å²) in [7, 11) is -3.28. The molecule has 0 saturated carbocycles. The number of anilines is 1. The van der Waals surface area contributed by atoms with Crippen LogP contribution in [0.1, 0.15) is 13.8 Å². The highest BCUT2D eigenvalue weighted by Gasteiger charge is 2.21. The predicted octanol–water partition coefficient (Wildman–Crippen LogP) is 1.33. The third-order valence-electron chi connectivity index (χ3n) is 2.27. The van der Waals surface area contributed by atoms with E-state index in [2.05, 4.69) is 10.0 Å². The van der Waals surface area contributed by atoms with Crippen molar-refractivity contribution in [1.82, 2.24) is 4.72 Å². The van der Waals surface area contributed by atoms with E-state index in [1.54, 1.807) is 26.0 Å². The van der Waals surface area contributed by atoms with E-state index in [9.17, 15) is 18.5 Å². The van der Waals surface area contributed by atoms with Gasteiger partial charge < -0.3 is 5.32 Å². The van der Waals surface area contributed by atoms with Crippen LogP contribution in [-0.2, 0) is 10.0 Å². The topological polar surface area (TPSA) is 101 Å². The van der Waals surface area contributed by atoms with Crippen molar-refractivity contribution in [3.8, 4) is 0 Å². The zero-order valence-electron chi connectivity index (χ0n) is 11.0. The molecule has 0 spiro atoms. The minimum Gasteiger partial charge on any atom is -0.383 e. The molecular weight excluding hydrogens is 270 g/mol. The number of nitrogens with zero attached hydrogens (tertiary/aromatic N) is 1. The van der Waals surface area contributed by atoms with Gasteiger partial charge in [-0.15, -0.1) is 0 Å². The monoisotopic (exact) mass is 287 g/mol. The molecule has 2 N–H and O–H groups in total. The SMILES string of the molecule is CC(C)(CNc1ccc([N+](=O)[O-])cc1)NS(C)(=O)=O. The second-order valence-electron chi connectivity index (χ2n) is 4.92. The first kappa shape index (κ1) is 15.4. The molecule has 1 aromatic rings. The highest BCUT2D eigenvalue weighted by Crippen LogP contribution is 2.16. The van der Waals surface area contributed by atoms with Crippen molar-refractivity contribution in [3.05, 3.63) is 34.4 Å². The molecule has 106 valence electrons. The number of nitro groups is 1. The maximum Gasteiger partial charge on any atom is 0.269 e. The quantitative estimate of drug-likeness (QED) is 0.607. The molecule has 0 heterocycles. The summed E-state index contributed by atoms with van der Waals surface area (Å²) in [5.41, 5.74) is 0.0445. The fraction of sp³-hybridized carbons (Fsp3) is 0.455. The van der Waals surface area contributed by atoms with Crippen LogP contribution in [0.25, 0.3) is 0 Å². The van der Waals surface area contributed by atoms with Crippen molar-refractivity contribution in [2.24, 2.45) is 0 Å². The molecule has 0 aliphatic rings. The van der Waals surface area contributed by atoms with Gasteiger partial charge in [0.25, 0.3) is 5.69 Å². The molecule has 1 aromatic carbocycles. The predicted molar refractivity (Wildman–Crippen MR) is 73.6 cm³/mol. The summed E-state index contributed by atoms with van der Waals surface area (Å²) in [6, 6.07) is 5.93. The van der Waals surface area contributed by atoms with Crippen molar-refractivity contribution in [3.63, 3.8) is 0 Å². The molecule has 0 aromatic heterocycles. The van der Waals surface area contributed by atoms with Crippen LogP contribution in [0.3, 0.4) is 0 Å². The minimum atomic E-state index is -3.28. The molecule has 0 aliphatic carbocycles. The first-order chi connectivity index (χ1) is 8.59. The van der Waals surface area contributed by atoms with Crippen LogP contribution in [0, 0.1) is 10.1 Å². The Morgan fingerprint density at radius 2 is 1.79 bits per heavy atom. The molecule has 8 heteroatoms. The normalized spacial score (nSPS) is 12.2. The number of hydrogen-bond acceptors (Lipinski definition) is 5. The molecule has 19 heavy (non-hydrogen) atoms.